The van der Waals surface area contributed by atoms with Crippen LogP contribution in [0.25, 0.3) is 0 Å². The molecule has 0 saturated carbocycles. The Bertz CT molecular complexity index is 365. The highest BCUT2D eigenvalue weighted by atomic mass is 15.2. The number of aromatic nitrogens is 1. The Morgan fingerprint density at radius 1 is 1.20 bits per heavy atom. The Morgan fingerprint density at radius 3 is 2.60 bits per heavy atom. The van der Waals surface area contributed by atoms with E-state index >= 15 is 0 Å². The van der Waals surface area contributed by atoms with Crippen LogP contribution in [0.5, 0.6) is 0 Å². The van der Waals surface area contributed by atoms with Gasteiger partial charge in [0.05, 0.1) is 11.4 Å². The van der Waals surface area contributed by atoms with Gasteiger partial charge in [-0.25, -0.2) is 0 Å². The van der Waals surface area contributed by atoms with Crippen LogP contribution in [0.2, 0.25) is 0 Å². The third kappa shape index (κ3) is 6.02. The molecule has 0 aliphatic rings. The first-order valence-electron chi connectivity index (χ1n) is 8.10. The number of hydrogen-bond donors (Lipinski definition) is 1. The normalized spacial score (nSPS) is 12.8. The highest BCUT2D eigenvalue weighted by Gasteiger charge is 2.12. The van der Waals surface area contributed by atoms with Gasteiger partial charge < -0.3 is 5.32 Å². The smallest absolute Gasteiger partial charge is 0.0547 e. The van der Waals surface area contributed by atoms with Gasteiger partial charge in [-0.05, 0) is 45.0 Å². The van der Waals surface area contributed by atoms with Gasteiger partial charge in [0.25, 0.3) is 0 Å². The van der Waals surface area contributed by atoms with Gasteiger partial charge in [0.1, 0.15) is 0 Å². The van der Waals surface area contributed by atoms with Crippen LogP contribution in [0.1, 0.15) is 58.3 Å². The lowest BCUT2D eigenvalue weighted by atomic mass is 10.1. The second-order valence-corrected chi connectivity index (χ2v) is 5.48. The molecule has 0 aromatic carbocycles. The number of hydrogen-bond acceptors (Lipinski definition) is 3. The van der Waals surface area contributed by atoms with Gasteiger partial charge in [-0.2, -0.15) is 0 Å². The summed E-state index contributed by atoms with van der Waals surface area (Å²) in [4.78, 5) is 7.33. The van der Waals surface area contributed by atoms with E-state index in [9.17, 15) is 0 Å². The lowest BCUT2D eigenvalue weighted by Crippen LogP contribution is -2.33. The zero-order valence-corrected chi connectivity index (χ0v) is 13.7. The Balaban J connectivity index is 2.66. The molecule has 1 aromatic rings. The maximum Gasteiger partial charge on any atom is 0.0547 e. The standard InChI is InChI=1S/C17H31N3/c1-5-8-12-20(15(4)6-2)14-17-11-9-10-16(19-17)13-18-7-3/h9-11,15,18H,5-8,12-14H2,1-4H3. The van der Waals surface area contributed by atoms with Crippen molar-refractivity contribution < 1.29 is 0 Å². The second-order valence-electron chi connectivity index (χ2n) is 5.48. The molecule has 1 atom stereocenters. The van der Waals surface area contributed by atoms with Crippen molar-refractivity contribution in [1.29, 1.82) is 0 Å². The first-order valence-corrected chi connectivity index (χ1v) is 8.10. The van der Waals surface area contributed by atoms with Crippen LogP contribution in [0.3, 0.4) is 0 Å². The van der Waals surface area contributed by atoms with E-state index in [2.05, 4.69) is 56.1 Å². The highest BCUT2D eigenvalue weighted by molar-refractivity contribution is 5.11. The lowest BCUT2D eigenvalue weighted by Gasteiger charge is -2.28. The summed E-state index contributed by atoms with van der Waals surface area (Å²) >= 11 is 0. The molecule has 1 N–H and O–H groups in total. The quantitative estimate of drug-likeness (QED) is 0.708. The van der Waals surface area contributed by atoms with Crippen LogP contribution in [0, 0.1) is 0 Å². The van der Waals surface area contributed by atoms with Crippen LogP contribution in [-0.2, 0) is 13.1 Å². The van der Waals surface area contributed by atoms with E-state index in [1.807, 2.05) is 0 Å². The predicted octanol–water partition coefficient (Wildman–Crippen LogP) is 3.59. The number of pyridine rings is 1. The van der Waals surface area contributed by atoms with E-state index in [-0.39, 0.29) is 0 Å². The highest BCUT2D eigenvalue weighted by Crippen LogP contribution is 2.11. The van der Waals surface area contributed by atoms with Crippen LogP contribution >= 0.6 is 0 Å². The van der Waals surface area contributed by atoms with Crippen molar-refractivity contribution in [2.75, 3.05) is 13.1 Å². The Hall–Kier alpha value is -0.930. The summed E-state index contributed by atoms with van der Waals surface area (Å²) in [5, 5.41) is 3.34. The summed E-state index contributed by atoms with van der Waals surface area (Å²) in [6, 6.07) is 7.01. The summed E-state index contributed by atoms with van der Waals surface area (Å²) in [5.74, 6) is 0. The molecule has 0 aliphatic heterocycles. The molecule has 114 valence electrons. The fourth-order valence-electron chi connectivity index (χ4n) is 2.25. The van der Waals surface area contributed by atoms with Crippen molar-refractivity contribution in [3.8, 4) is 0 Å². The second kappa shape index (κ2) is 9.89. The van der Waals surface area contributed by atoms with Gasteiger partial charge in [0.2, 0.25) is 0 Å². The van der Waals surface area contributed by atoms with Crippen LogP contribution in [-0.4, -0.2) is 29.0 Å². The molecule has 1 heterocycles. The minimum atomic E-state index is 0.626. The zero-order valence-electron chi connectivity index (χ0n) is 13.7. The molecular weight excluding hydrogens is 246 g/mol. The van der Waals surface area contributed by atoms with E-state index in [0.717, 1.165) is 25.3 Å². The third-order valence-electron chi connectivity index (χ3n) is 3.80. The molecule has 0 spiro atoms. The maximum atomic E-state index is 4.77. The number of nitrogens with zero attached hydrogens (tertiary/aromatic N) is 2. The Kier molecular flexibility index (Phi) is 8.47. The van der Waals surface area contributed by atoms with Gasteiger partial charge in [-0.1, -0.05) is 33.3 Å². The fourth-order valence-corrected chi connectivity index (χ4v) is 2.25. The van der Waals surface area contributed by atoms with Crippen LogP contribution < -0.4 is 5.32 Å². The average Bonchev–Trinajstić information content (AvgIpc) is 2.49. The van der Waals surface area contributed by atoms with Crippen molar-refractivity contribution >= 4 is 0 Å². The maximum absolute atomic E-state index is 4.77. The molecule has 0 saturated heterocycles. The molecule has 0 aliphatic carbocycles. The molecule has 1 rings (SSSR count). The first-order chi connectivity index (χ1) is 9.71. The van der Waals surface area contributed by atoms with Gasteiger partial charge in [0.15, 0.2) is 0 Å². The molecule has 0 amide bonds. The predicted molar refractivity (Wildman–Crippen MR) is 86.7 cm³/mol. The summed E-state index contributed by atoms with van der Waals surface area (Å²) in [6.07, 6.45) is 3.71. The number of nitrogens with one attached hydrogen (secondary N) is 1. The minimum absolute atomic E-state index is 0.626. The largest absolute Gasteiger partial charge is 0.311 e. The summed E-state index contributed by atoms with van der Waals surface area (Å²) in [5.41, 5.74) is 2.33. The zero-order chi connectivity index (χ0) is 14.8. The summed E-state index contributed by atoms with van der Waals surface area (Å²) in [6.45, 7) is 12.9. The molecule has 3 heteroatoms. The molecule has 1 aromatic heterocycles. The SMILES string of the molecule is CCCCN(Cc1cccc(CNCC)n1)C(C)CC. The van der Waals surface area contributed by atoms with E-state index in [4.69, 9.17) is 4.98 Å². The third-order valence-corrected chi connectivity index (χ3v) is 3.80. The molecule has 0 bridgehead atoms. The lowest BCUT2D eigenvalue weighted by molar-refractivity contribution is 0.190. The molecule has 3 nitrogen and oxygen atoms in total. The van der Waals surface area contributed by atoms with Gasteiger partial charge in [-0.3, -0.25) is 9.88 Å². The van der Waals surface area contributed by atoms with Crippen molar-refractivity contribution in [3.63, 3.8) is 0 Å². The topological polar surface area (TPSA) is 28.2 Å². The number of unbranched alkanes of at least 4 members (excludes halogenated alkanes) is 1. The molecular formula is C17H31N3. The monoisotopic (exact) mass is 277 g/mol. The van der Waals surface area contributed by atoms with Crippen LogP contribution in [0.4, 0.5) is 0 Å². The van der Waals surface area contributed by atoms with Crippen molar-refractivity contribution in [2.45, 2.75) is 66.1 Å². The van der Waals surface area contributed by atoms with E-state index in [1.165, 1.54) is 31.5 Å². The van der Waals surface area contributed by atoms with Gasteiger partial charge in [-0.15, -0.1) is 0 Å². The molecule has 0 fully saturated rings. The Labute approximate surface area is 124 Å². The fraction of sp³-hybridized carbons (Fsp3) is 0.706. The van der Waals surface area contributed by atoms with Crippen molar-refractivity contribution in [2.24, 2.45) is 0 Å². The number of rotatable bonds is 10. The van der Waals surface area contributed by atoms with E-state index in [0.29, 0.717) is 6.04 Å². The summed E-state index contributed by atoms with van der Waals surface area (Å²) < 4.78 is 0. The molecule has 1 unspecified atom stereocenters. The van der Waals surface area contributed by atoms with Gasteiger partial charge >= 0.3 is 0 Å². The average molecular weight is 277 g/mol. The molecule has 20 heavy (non-hydrogen) atoms. The first kappa shape index (κ1) is 17.1. The summed E-state index contributed by atoms with van der Waals surface area (Å²) in [7, 11) is 0. The Morgan fingerprint density at radius 2 is 1.95 bits per heavy atom. The van der Waals surface area contributed by atoms with Crippen molar-refractivity contribution in [3.05, 3.63) is 29.6 Å². The van der Waals surface area contributed by atoms with Crippen molar-refractivity contribution in [1.82, 2.24) is 15.2 Å². The van der Waals surface area contributed by atoms with E-state index in [1.54, 1.807) is 0 Å². The van der Waals surface area contributed by atoms with E-state index < -0.39 is 0 Å². The minimum Gasteiger partial charge on any atom is -0.311 e. The molecule has 0 radical (unpaired) electrons. The van der Waals surface area contributed by atoms with Crippen LogP contribution in [0.15, 0.2) is 18.2 Å². The van der Waals surface area contributed by atoms with Gasteiger partial charge in [0, 0.05) is 19.1 Å².